The Morgan fingerprint density at radius 2 is 2.12 bits per heavy atom. The second-order valence-electron chi connectivity index (χ2n) is 3.38. The highest BCUT2D eigenvalue weighted by Crippen LogP contribution is 2.26. The van der Waals surface area contributed by atoms with E-state index in [2.05, 4.69) is 15.5 Å². The van der Waals surface area contributed by atoms with Gasteiger partial charge in [0.05, 0.1) is 23.0 Å². The Kier molecular flexibility index (Phi) is 3.19. The molecule has 0 fully saturated rings. The summed E-state index contributed by atoms with van der Waals surface area (Å²) in [5.41, 5.74) is 4.55. The molecule has 3 N–H and O–H groups in total. The fourth-order valence-electron chi connectivity index (χ4n) is 1.63. The number of halogens is 1. The third-order valence-electron chi connectivity index (χ3n) is 2.42. The highest BCUT2D eigenvalue weighted by Gasteiger charge is 2.19. The van der Waals surface area contributed by atoms with Crippen molar-refractivity contribution >= 4 is 11.6 Å². The molecule has 0 bridgehead atoms. The van der Waals surface area contributed by atoms with Gasteiger partial charge in [0.2, 0.25) is 0 Å². The van der Waals surface area contributed by atoms with Crippen molar-refractivity contribution < 1.29 is 0 Å². The molecule has 0 spiro atoms. The number of hydrogen-bond acceptors (Lipinski definition) is 4. The minimum atomic E-state index is -0.192. The minimum absolute atomic E-state index is 0.192. The van der Waals surface area contributed by atoms with Gasteiger partial charge in [-0.2, -0.15) is 5.10 Å². The molecular weight excluding hydrogens is 226 g/mol. The first kappa shape index (κ1) is 11.1. The highest BCUT2D eigenvalue weighted by atomic mass is 35.5. The molecule has 5 nitrogen and oxygen atoms in total. The number of hydrogen-bond donors (Lipinski definition) is 2. The smallest absolute Gasteiger partial charge is 0.0894 e. The molecule has 1 unspecified atom stereocenters. The van der Waals surface area contributed by atoms with Crippen molar-refractivity contribution in [3.8, 4) is 0 Å². The molecule has 0 aliphatic heterocycles. The van der Waals surface area contributed by atoms with Gasteiger partial charge in [0.25, 0.3) is 0 Å². The van der Waals surface area contributed by atoms with Gasteiger partial charge >= 0.3 is 0 Å². The van der Waals surface area contributed by atoms with Crippen LogP contribution in [0.3, 0.4) is 0 Å². The van der Waals surface area contributed by atoms with Crippen molar-refractivity contribution in [3.05, 3.63) is 47.0 Å². The summed E-state index contributed by atoms with van der Waals surface area (Å²) in [6, 6.07) is 3.57. The van der Waals surface area contributed by atoms with Gasteiger partial charge < -0.3 is 0 Å². The van der Waals surface area contributed by atoms with Crippen LogP contribution in [0, 0.1) is 0 Å². The lowest BCUT2D eigenvalue weighted by Gasteiger charge is -2.16. The Labute approximate surface area is 98.2 Å². The van der Waals surface area contributed by atoms with Gasteiger partial charge in [-0.05, 0) is 17.7 Å². The lowest BCUT2D eigenvalue weighted by atomic mass is 10.1. The third kappa shape index (κ3) is 1.92. The second kappa shape index (κ2) is 4.61. The topological polar surface area (TPSA) is 68.8 Å². The number of pyridine rings is 1. The van der Waals surface area contributed by atoms with Gasteiger partial charge in [0.15, 0.2) is 0 Å². The van der Waals surface area contributed by atoms with Crippen molar-refractivity contribution in [1.82, 2.24) is 20.2 Å². The summed E-state index contributed by atoms with van der Waals surface area (Å²) in [7, 11) is 1.83. The maximum absolute atomic E-state index is 6.07. The van der Waals surface area contributed by atoms with E-state index in [0.717, 1.165) is 11.3 Å². The van der Waals surface area contributed by atoms with Crippen molar-refractivity contribution in [2.45, 2.75) is 6.04 Å². The van der Waals surface area contributed by atoms with Gasteiger partial charge in [0.1, 0.15) is 0 Å². The number of nitrogens with zero attached hydrogens (tertiary/aromatic N) is 3. The fraction of sp³-hybridized carbons (Fsp3) is 0.200. The SMILES string of the molecule is Cn1ncc(Cl)c1C(NN)c1ccncc1. The average molecular weight is 238 g/mol. The van der Waals surface area contributed by atoms with Crippen LogP contribution in [0.5, 0.6) is 0 Å². The summed E-state index contributed by atoms with van der Waals surface area (Å²) < 4.78 is 1.70. The van der Waals surface area contributed by atoms with E-state index in [9.17, 15) is 0 Å². The molecule has 0 saturated carbocycles. The van der Waals surface area contributed by atoms with E-state index in [-0.39, 0.29) is 6.04 Å². The first-order chi connectivity index (χ1) is 7.74. The summed E-state index contributed by atoms with van der Waals surface area (Å²) in [6.45, 7) is 0. The van der Waals surface area contributed by atoms with Crippen LogP contribution in [0.2, 0.25) is 5.02 Å². The molecule has 0 aliphatic carbocycles. The molecule has 16 heavy (non-hydrogen) atoms. The highest BCUT2D eigenvalue weighted by molar-refractivity contribution is 6.31. The zero-order valence-electron chi connectivity index (χ0n) is 8.76. The normalized spacial score (nSPS) is 12.7. The Bertz CT molecular complexity index is 448. The van der Waals surface area contributed by atoms with Crippen LogP contribution in [0.4, 0.5) is 0 Å². The Balaban J connectivity index is 2.45. The van der Waals surface area contributed by atoms with Gasteiger partial charge in [-0.15, -0.1) is 0 Å². The lowest BCUT2D eigenvalue weighted by molar-refractivity contribution is 0.575. The Morgan fingerprint density at radius 3 is 2.62 bits per heavy atom. The van der Waals surface area contributed by atoms with Crippen molar-refractivity contribution in [2.75, 3.05) is 0 Å². The summed E-state index contributed by atoms with van der Waals surface area (Å²) in [4.78, 5) is 3.96. The van der Waals surface area contributed by atoms with Gasteiger partial charge in [-0.1, -0.05) is 11.6 Å². The Morgan fingerprint density at radius 1 is 1.44 bits per heavy atom. The molecule has 2 aromatic rings. The summed E-state index contributed by atoms with van der Waals surface area (Å²) in [6.07, 6.45) is 5.02. The van der Waals surface area contributed by atoms with Crippen molar-refractivity contribution in [1.29, 1.82) is 0 Å². The summed E-state index contributed by atoms with van der Waals surface area (Å²) in [5.74, 6) is 5.56. The molecule has 0 radical (unpaired) electrons. The lowest BCUT2D eigenvalue weighted by Crippen LogP contribution is -2.30. The largest absolute Gasteiger partial charge is 0.271 e. The third-order valence-corrected chi connectivity index (χ3v) is 2.71. The summed E-state index contributed by atoms with van der Waals surface area (Å²) >= 11 is 6.07. The van der Waals surface area contributed by atoms with Crippen LogP contribution >= 0.6 is 11.6 Å². The van der Waals surface area contributed by atoms with E-state index in [1.54, 1.807) is 23.3 Å². The first-order valence-corrected chi connectivity index (χ1v) is 5.15. The molecule has 1 atom stereocenters. The molecular formula is C10H12ClN5. The number of nitrogens with one attached hydrogen (secondary N) is 1. The Hall–Kier alpha value is -1.43. The minimum Gasteiger partial charge on any atom is -0.271 e. The predicted octanol–water partition coefficient (Wildman–Crippen LogP) is 1.02. The van der Waals surface area contributed by atoms with E-state index in [0.29, 0.717) is 5.02 Å². The van der Waals surface area contributed by atoms with Gasteiger partial charge in [-0.25, -0.2) is 5.43 Å². The standard InChI is InChI=1S/C10H12ClN5/c1-16-10(8(11)6-14-16)9(15-12)7-2-4-13-5-3-7/h2-6,9,15H,12H2,1H3. The second-order valence-corrected chi connectivity index (χ2v) is 3.79. The monoisotopic (exact) mass is 237 g/mol. The first-order valence-electron chi connectivity index (χ1n) is 4.77. The predicted molar refractivity (Wildman–Crippen MR) is 61.6 cm³/mol. The molecule has 0 saturated heterocycles. The average Bonchev–Trinajstić information content (AvgIpc) is 2.63. The van der Waals surface area contributed by atoms with E-state index in [1.807, 2.05) is 19.2 Å². The zero-order valence-corrected chi connectivity index (χ0v) is 9.52. The van der Waals surface area contributed by atoms with Crippen LogP contribution in [0.25, 0.3) is 0 Å². The molecule has 2 rings (SSSR count). The molecule has 2 aromatic heterocycles. The number of hydrazine groups is 1. The van der Waals surface area contributed by atoms with E-state index >= 15 is 0 Å². The van der Waals surface area contributed by atoms with E-state index < -0.39 is 0 Å². The van der Waals surface area contributed by atoms with Gasteiger partial charge in [-0.3, -0.25) is 15.5 Å². The van der Waals surface area contributed by atoms with Crippen LogP contribution in [-0.2, 0) is 7.05 Å². The van der Waals surface area contributed by atoms with Crippen LogP contribution in [0.1, 0.15) is 17.3 Å². The van der Waals surface area contributed by atoms with Crippen LogP contribution < -0.4 is 11.3 Å². The number of rotatable bonds is 3. The zero-order chi connectivity index (χ0) is 11.5. The molecule has 0 aromatic carbocycles. The maximum atomic E-state index is 6.07. The maximum Gasteiger partial charge on any atom is 0.0894 e. The molecule has 0 aliphatic rings. The number of aromatic nitrogens is 3. The van der Waals surface area contributed by atoms with Crippen molar-refractivity contribution in [2.24, 2.45) is 12.9 Å². The molecule has 6 heteroatoms. The van der Waals surface area contributed by atoms with Crippen LogP contribution in [0.15, 0.2) is 30.7 Å². The van der Waals surface area contributed by atoms with Crippen LogP contribution in [-0.4, -0.2) is 14.8 Å². The number of aryl methyl sites for hydroxylation is 1. The van der Waals surface area contributed by atoms with E-state index in [1.165, 1.54) is 0 Å². The molecule has 84 valence electrons. The van der Waals surface area contributed by atoms with Gasteiger partial charge in [0, 0.05) is 19.4 Å². The quantitative estimate of drug-likeness (QED) is 0.618. The fourth-order valence-corrected chi connectivity index (χ4v) is 1.91. The van der Waals surface area contributed by atoms with E-state index in [4.69, 9.17) is 17.4 Å². The molecule has 2 heterocycles. The number of nitrogens with two attached hydrogens (primary N) is 1. The summed E-state index contributed by atoms with van der Waals surface area (Å²) in [5, 5.41) is 4.67. The van der Waals surface area contributed by atoms with Crippen molar-refractivity contribution in [3.63, 3.8) is 0 Å². The molecule has 0 amide bonds.